The van der Waals surface area contributed by atoms with E-state index in [0.717, 1.165) is 11.1 Å². The van der Waals surface area contributed by atoms with Crippen molar-refractivity contribution < 1.29 is 23.9 Å². The first-order valence-electron chi connectivity index (χ1n) is 10.6. The first kappa shape index (κ1) is 24.9. The standard InChI is InChI=1S/C22H19N5O3.C3H6O2/c23-20(28)19(13-30-16-4-2-1-3-5-16)27-22(29)15-6-7-17-18(12-15)26-21(25-17)14-8-10-24-11-9-14;1-3(4)5-2/h1-12,19H,13H2,(H2,23,28)(H,25,26)(H,27,29);1-2H3/t19-;/m0./s1. The number of pyridine rings is 1. The number of nitrogens with two attached hydrogens (primary N) is 1. The van der Waals surface area contributed by atoms with Gasteiger partial charge in [-0.15, -0.1) is 0 Å². The van der Waals surface area contributed by atoms with Crippen molar-refractivity contribution in [2.24, 2.45) is 5.73 Å². The van der Waals surface area contributed by atoms with Crippen LogP contribution in [0.15, 0.2) is 73.1 Å². The van der Waals surface area contributed by atoms with Crippen LogP contribution in [0.2, 0.25) is 0 Å². The highest BCUT2D eigenvalue weighted by Crippen LogP contribution is 2.21. The number of ether oxygens (including phenoxy) is 2. The molecule has 1 atom stereocenters. The number of rotatable bonds is 7. The molecule has 0 unspecified atom stereocenters. The minimum Gasteiger partial charge on any atom is -0.491 e. The minimum atomic E-state index is -0.970. The molecule has 0 saturated heterocycles. The molecule has 2 aromatic carbocycles. The number of hydrogen-bond acceptors (Lipinski definition) is 7. The van der Waals surface area contributed by atoms with Gasteiger partial charge in [0.05, 0.1) is 18.1 Å². The Morgan fingerprint density at radius 3 is 2.37 bits per heavy atom. The average Bonchev–Trinajstić information content (AvgIpc) is 3.31. The SMILES string of the molecule is COC(C)=O.NC(=O)[C@H](COc1ccccc1)NC(=O)c1ccc2nc(-c3ccncc3)[nH]c2c1. The Hall–Kier alpha value is -4.73. The van der Waals surface area contributed by atoms with Crippen molar-refractivity contribution in [3.63, 3.8) is 0 Å². The maximum absolute atomic E-state index is 12.7. The van der Waals surface area contributed by atoms with Crippen LogP contribution < -0.4 is 15.8 Å². The molecule has 4 aromatic rings. The Bertz CT molecular complexity index is 1290. The van der Waals surface area contributed by atoms with Crippen molar-refractivity contribution in [3.05, 3.63) is 78.6 Å². The van der Waals surface area contributed by atoms with E-state index in [1.54, 1.807) is 42.7 Å². The van der Waals surface area contributed by atoms with Crippen LogP contribution >= 0.6 is 0 Å². The van der Waals surface area contributed by atoms with Crippen LogP contribution in [-0.2, 0) is 14.3 Å². The summed E-state index contributed by atoms with van der Waals surface area (Å²) in [5.74, 6) is -0.0963. The van der Waals surface area contributed by atoms with Gasteiger partial charge in [-0.2, -0.15) is 0 Å². The summed E-state index contributed by atoms with van der Waals surface area (Å²) in [6.45, 7) is 1.30. The molecular weight excluding hydrogens is 450 g/mol. The topological polar surface area (TPSA) is 149 Å². The third kappa shape index (κ3) is 7.13. The van der Waals surface area contributed by atoms with E-state index >= 15 is 0 Å². The fraction of sp³-hybridized carbons (Fsp3) is 0.160. The second-order valence-electron chi connectivity index (χ2n) is 7.30. The number of primary amides is 1. The summed E-state index contributed by atoms with van der Waals surface area (Å²) >= 11 is 0. The lowest BCUT2D eigenvalue weighted by molar-refractivity contribution is -0.138. The number of para-hydroxylation sites is 1. The monoisotopic (exact) mass is 475 g/mol. The zero-order valence-corrected chi connectivity index (χ0v) is 19.2. The fourth-order valence-corrected chi connectivity index (χ4v) is 2.93. The summed E-state index contributed by atoms with van der Waals surface area (Å²) in [7, 11) is 1.35. The van der Waals surface area contributed by atoms with Gasteiger partial charge in [0, 0.05) is 30.4 Å². The van der Waals surface area contributed by atoms with Crippen molar-refractivity contribution in [2.75, 3.05) is 13.7 Å². The number of hydrogen-bond donors (Lipinski definition) is 3. The Morgan fingerprint density at radius 1 is 1.06 bits per heavy atom. The van der Waals surface area contributed by atoms with Crippen LogP contribution in [-0.4, -0.2) is 52.5 Å². The number of aromatic amines is 1. The van der Waals surface area contributed by atoms with Crippen molar-refractivity contribution >= 4 is 28.8 Å². The third-order valence-corrected chi connectivity index (χ3v) is 4.79. The Morgan fingerprint density at radius 2 is 1.74 bits per heavy atom. The lowest BCUT2D eigenvalue weighted by Crippen LogP contribution is -2.48. The van der Waals surface area contributed by atoms with Crippen molar-refractivity contribution in [1.29, 1.82) is 0 Å². The summed E-state index contributed by atoms with van der Waals surface area (Å²) < 4.78 is 9.66. The highest BCUT2D eigenvalue weighted by atomic mass is 16.5. The fourth-order valence-electron chi connectivity index (χ4n) is 2.93. The largest absolute Gasteiger partial charge is 0.491 e. The third-order valence-electron chi connectivity index (χ3n) is 4.79. The predicted molar refractivity (Wildman–Crippen MR) is 129 cm³/mol. The molecule has 0 spiro atoms. The lowest BCUT2D eigenvalue weighted by Gasteiger charge is -2.16. The molecule has 35 heavy (non-hydrogen) atoms. The molecule has 0 aliphatic rings. The number of aromatic nitrogens is 3. The van der Waals surface area contributed by atoms with Gasteiger partial charge in [0.1, 0.15) is 24.2 Å². The van der Waals surface area contributed by atoms with E-state index in [2.05, 4.69) is 25.0 Å². The number of carbonyl (C=O) groups excluding carboxylic acids is 3. The number of imidazole rings is 1. The maximum atomic E-state index is 12.7. The van der Waals surface area contributed by atoms with Gasteiger partial charge in [0.15, 0.2) is 0 Å². The molecule has 4 rings (SSSR count). The van der Waals surface area contributed by atoms with Crippen LogP contribution in [0.5, 0.6) is 5.75 Å². The molecule has 0 aliphatic heterocycles. The van der Waals surface area contributed by atoms with Crippen molar-refractivity contribution in [3.8, 4) is 17.1 Å². The Balaban J connectivity index is 0.000000623. The van der Waals surface area contributed by atoms with Gasteiger partial charge < -0.3 is 25.5 Å². The second kappa shape index (κ2) is 11.9. The number of H-pyrrole nitrogens is 1. The molecular formula is C25H25N5O5. The lowest BCUT2D eigenvalue weighted by atomic mass is 10.1. The summed E-state index contributed by atoms with van der Waals surface area (Å²) in [6, 6.07) is 16.8. The van der Waals surface area contributed by atoms with Gasteiger partial charge in [-0.25, -0.2) is 4.98 Å². The van der Waals surface area contributed by atoms with E-state index < -0.39 is 17.9 Å². The molecule has 180 valence electrons. The predicted octanol–water partition coefficient (Wildman–Crippen LogP) is 2.47. The Kier molecular flexibility index (Phi) is 8.49. The van der Waals surface area contributed by atoms with E-state index in [1.807, 2.05) is 30.3 Å². The van der Waals surface area contributed by atoms with Crippen LogP contribution in [0.4, 0.5) is 0 Å². The van der Waals surface area contributed by atoms with Gasteiger partial charge in [-0.1, -0.05) is 18.2 Å². The molecule has 0 fully saturated rings. The Labute approximate surface area is 201 Å². The number of methoxy groups -OCH3 is 1. The van der Waals surface area contributed by atoms with Gasteiger partial charge in [0.2, 0.25) is 5.91 Å². The van der Waals surface area contributed by atoms with Gasteiger partial charge in [-0.3, -0.25) is 19.4 Å². The molecule has 10 nitrogen and oxygen atoms in total. The molecule has 10 heteroatoms. The van der Waals surface area contributed by atoms with E-state index in [-0.39, 0.29) is 12.6 Å². The normalized spacial score (nSPS) is 11.0. The number of nitrogens with one attached hydrogen (secondary N) is 2. The summed E-state index contributed by atoms with van der Waals surface area (Å²) in [5.41, 5.74) is 8.11. The number of benzene rings is 2. The molecule has 4 N–H and O–H groups in total. The maximum Gasteiger partial charge on any atom is 0.302 e. The molecule has 0 saturated carbocycles. The van der Waals surface area contributed by atoms with Gasteiger partial charge in [0.25, 0.3) is 5.91 Å². The first-order chi connectivity index (χ1) is 16.9. The van der Waals surface area contributed by atoms with E-state index in [4.69, 9.17) is 10.5 Å². The van der Waals surface area contributed by atoms with Crippen LogP contribution in [0, 0.1) is 0 Å². The van der Waals surface area contributed by atoms with E-state index in [0.29, 0.717) is 22.7 Å². The van der Waals surface area contributed by atoms with Crippen LogP contribution in [0.25, 0.3) is 22.4 Å². The van der Waals surface area contributed by atoms with Gasteiger partial charge in [-0.05, 0) is 42.5 Å². The number of nitrogens with zero attached hydrogens (tertiary/aromatic N) is 2. The number of esters is 1. The molecule has 0 bridgehead atoms. The molecule has 0 aliphatic carbocycles. The second-order valence-corrected chi connectivity index (χ2v) is 7.30. The summed E-state index contributed by atoms with van der Waals surface area (Å²) in [5, 5.41) is 2.63. The molecule has 2 heterocycles. The zero-order chi connectivity index (χ0) is 25.2. The summed E-state index contributed by atoms with van der Waals surface area (Å²) in [4.78, 5) is 45.7. The van der Waals surface area contributed by atoms with Gasteiger partial charge >= 0.3 is 5.97 Å². The van der Waals surface area contributed by atoms with Crippen molar-refractivity contribution in [1.82, 2.24) is 20.3 Å². The smallest absolute Gasteiger partial charge is 0.302 e. The average molecular weight is 476 g/mol. The molecule has 2 amide bonds. The molecule has 2 aromatic heterocycles. The van der Waals surface area contributed by atoms with Crippen LogP contribution in [0.3, 0.4) is 0 Å². The number of amides is 2. The highest BCUT2D eigenvalue weighted by molar-refractivity contribution is 6.00. The molecule has 0 radical (unpaired) electrons. The first-order valence-corrected chi connectivity index (χ1v) is 10.6. The minimum absolute atomic E-state index is 0.0659. The van der Waals surface area contributed by atoms with Crippen LogP contribution in [0.1, 0.15) is 17.3 Å². The van der Waals surface area contributed by atoms with Crippen molar-refractivity contribution in [2.45, 2.75) is 13.0 Å². The van der Waals surface area contributed by atoms with E-state index in [9.17, 15) is 14.4 Å². The zero-order valence-electron chi connectivity index (χ0n) is 19.2. The summed E-state index contributed by atoms with van der Waals surface area (Å²) in [6.07, 6.45) is 3.37. The van der Waals surface area contributed by atoms with E-state index in [1.165, 1.54) is 14.0 Å². The number of carbonyl (C=O) groups is 3. The quantitative estimate of drug-likeness (QED) is 0.348. The highest BCUT2D eigenvalue weighted by Gasteiger charge is 2.20. The number of fused-ring (bicyclic) bond motifs is 1.